The monoisotopic (exact) mass is 383 g/mol. The van der Waals surface area contributed by atoms with Gasteiger partial charge in [-0.3, -0.25) is 9.78 Å². The van der Waals surface area contributed by atoms with Crippen LogP contribution in [0.25, 0.3) is 0 Å². The molecule has 0 atom stereocenters. The Morgan fingerprint density at radius 3 is 2.68 bits per heavy atom. The summed E-state index contributed by atoms with van der Waals surface area (Å²) in [6, 6.07) is 11.8. The summed E-state index contributed by atoms with van der Waals surface area (Å²) in [4.78, 5) is 20.8. The van der Waals surface area contributed by atoms with Gasteiger partial charge in [0.05, 0.1) is 30.5 Å². The molecule has 3 heterocycles. The molecule has 1 spiro atoms. The highest BCUT2D eigenvalue weighted by Crippen LogP contribution is 2.30. The number of hydrogen-bond donors (Lipinski definition) is 0. The van der Waals surface area contributed by atoms with E-state index >= 15 is 0 Å². The van der Waals surface area contributed by atoms with Crippen LogP contribution in [0.4, 0.5) is 4.39 Å². The van der Waals surface area contributed by atoms with Crippen molar-refractivity contribution >= 4 is 5.91 Å². The number of ether oxygens (including phenoxy) is 1. The molecule has 1 aromatic heterocycles. The van der Waals surface area contributed by atoms with Crippen molar-refractivity contribution in [3.05, 3.63) is 65.7 Å². The maximum Gasteiger partial charge on any atom is 0.255 e. The Morgan fingerprint density at radius 2 is 1.93 bits per heavy atom. The third-order valence-electron chi connectivity index (χ3n) is 5.81. The predicted octanol–water partition coefficient (Wildman–Crippen LogP) is 2.77. The van der Waals surface area contributed by atoms with Gasteiger partial charge in [0, 0.05) is 32.4 Å². The Kier molecular flexibility index (Phi) is 5.69. The third-order valence-corrected chi connectivity index (χ3v) is 5.81. The lowest BCUT2D eigenvalue weighted by atomic mass is 9.89. The largest absolute Gasteiger partial charge is 0.371 e. The van der Waals surface area contributed by atoms with Gasteiger partial charge in [0.25, 0.3) is 5.91 Å². The standard InChI is InChI=1S/C22H26FN3O2/c23-20-14-19(15-24-16-20)21(27)26-12-13-28-22(17-26)7-10-25(11-8-22)9-6-18-4-2-1-3-5-18/h1-5,14-16H,6-13,17H2. The SMILES string of the molecule is O=C(c1cncc(F)c1)N1CCOC2(CCN(CCc3ccccc3)CC2)C1. The van der Waals surface area contributed by atoms with Gasteiger partial charge >= 0.3 is 0 Å². The molecular formula is C22H26FN3O2. The van der Waals surface area contributed by atoms with Crippen LogP contribution < -0.4 is 0 Å². The molecule has 0 bridgehead atoms. The van der Waals surface area contributed by atoms with Gasteiger partial charge < -0.3 is 14.5 Å². The summed E-state index contributed by atoms with van der Waals surface area (Å²) < 4.78 is 19.6. The van der Waals surface area contributed by atoms with Crippen LogP contribution in [0.15, 0.2) is 48.8 Å². The van der Waals surface area contributed by atoms with E-state index in [9.17, 15) is 9.18 Å². The molecule has 1 aromatic carbocycles. The molecule has 0 aliphatic carbocycles. The normalized spacial score (nSPS) is 19.7. The van der Waals surface area contributed by atoms with Crippen molar-refractivity contribution in [3.8, 4) is 0 Å². The number of rotatable bonds is 4. The van der Waals surface area contributed by atoms with Crippen LogP contribution in [0.3, 0.4) is 0 Å². The number of carbonyl (C=O) groups is 1. The molecule has 5 nitrogen and oxygen atoms in total. The first-order valence-corrected chi connectivity index (χ1v) is 9.94. The number of halogens is 1. The van der Waals surface area contributed by atoms with E-state index in [2.05, 4.69) is 34.1 Å². The summed E-state index contributed by atoms with van der Waals surface area (Å²) >= 11 is 0. The number of hydrogen-bond acceptors (Lipinski definition) is 4. The first kappa shape index (κ1) is 19.0. The van der Waals surface area contributed by atoms with Gasteiger partial charge in [0.2, 0.25) is 0 Å². The minimum atomic E-state index is -0.486. The fourth-order valence-electron chi connectivity index (χ4n) is 4.15. The van der Waals surface area contributed by atoms with Gasteiger partial charge in [-0.15, -0.1) is 0 Å². The zero-order chi connectivity index (χ0) is 19.4. The molecule has 0 unspecified atom stereocenters. The molecule has 28 heavy (non-hydrogen) atoms. The van der Waals surface area contributed by atoms with Crippen LogP contribution in [-0.2, 0) is 11.2 Å². The molecule has 0 radical (unpaired) electrons. The number of likely N-dealkylation sites (tertiary alicyclic amines) is 1. The van der Waals surface area contributed by atoms with Crippen molar-refractivity contribution < 1.29 is 13.9 Å². The number of carbonyl (C=O) groups excluding carboxylic acids is 1. The van der Waals surface area contributed by atoms with Crippen molar-refractivity contribution in [2.24, 2.45) is 0 Å². The summed E-state index contributed by atoms with van der Waals surface area (Å²) in [5.41, 5.74) is 1.38. The minimum Gasteiger partial charge on any atom is -0.371 e. The zero-order valence-corrected chi connectivity index (χ0v) is 16.0. The van der Waals surface area contributed by atoms with E-state index in [0.29, 0.717) is 25.3 Å². The molecule has 6 heteroatoms. The number of piperidine rings is 1. The van der Waals surface area contributed by atoms with Crippen LogP contribution in [0.5, 0.6) is 0 Å². The lowest BCUT2D eigenvalue weighted by Gasteiger charge is -2.47. The van der Waals surface area contributed by atoms with Gasteiger partial charge in [-0.25, -0.2) is 4.39 Å². The minimum absolute atomic E-state index is 0.166. The summed E-state index contributed by atoms with van der Waals surface area (Å²) in [5, 5.41) is 0. The molecule has 1 amide bonds. The average molecular weight is 383 g/mol. The first-order chi connectivity index (χ1) is 13.6. The smallest absolute Gasteiger partial charge is 0.255 e. The van der Waals surface area contributed by atoms with Gasteiger partial charge in [0.15, 0.2) is 0 Å². The molecule has 2 aliphatic heterocycles. The maximum atomic E-state index is 13.4. The lowest BCUT2D eigenvalue weighted by Crippen LogP contribution is -2.58. The average Bonchev–Trinajstić information content (AvgIpc) is 2.74. The summed E-state index contributed by atoms with van der Waals surface area (Å²) in [6.45, 7) is 4.60. The third kappa shape index (κ3) is 4.39. The van der Waals surface area contributed by atoms with E-state index in [-0.39, 0.29) is 11.5 Å². The van der Waals surface area contributed by atoms with Gasteiger partial charge in [-0.2, -0.15) is 0 Å². The predicted molar refractivity (Wildman–Crippen MR) is 105 cm³/mol. The first-order valence-electron chi connectivity index (χ1n) is 9.94. The number of benzene rings is 1. The van der Waals surface area contributed by atoms with E-state index < -0.39 is 5.82 Å². The van der Waals surface area contributed by atoms with Crippen molar-refractivity contribution in [1.29, 1.82) is 0 Å². The van der Waals surface area contributed by atoms with Crippen LogP contribution in [0.2, 0.25) is 0 Å². The Balaban J connectivity index is 1.32. The molecule has 2 aliphatic rings. The maximum absolute atomic E-state index is 13.4. The Hall–Kier alpha value is -2.31. The fraction of sp³-hybridized carbons (Fsp3) is 0.455. The van der Waals surface area contributed by atoms with Crippen molar-refractivity contribution in [1.82, 2.24) is 14.8 Å². The van der Waals surface area contributed by atoms with E-state index in [4.69, 9.17) is 4.74 Å². The zero-order valence-electron chi connectivity index (χ0n) is 16.0. The van der Waals surface area contributed by atoms with E-state index in [1.165, 1.54) is 17.8 Å². The fourth-order valence-corrected chi connectivity index (χ4v) is 4.15. The Morgan fingerprint density at radius 1 is 1.14 bits per heavy atom. The highest BCUT2D eigenvalue weighted by molar-refractivity contribution is 5.94. The van der Waals surface area contributed by atoms with Crippen LogP contribution in [0, 0.1) is 5.82 Å². The highest BCUT2D eigenvalue weighted by atomic mass is 19.1. The molecule has 4 rings (SSSR count). The lowest BCUT2D eigenvalue weighted by molar-refractivity contribution is -0.127. The Bertz CT molecular complexity index is 806. The highest BCUT2D eigenvalue weighted by Gasteiger charge is 2.41. The number of nitrogens with zero attached hydrogens (tertiary/aromatic N) is 3. The second-order valence-corrected chi connectivity index (χ2v) is 7.73. The molecule has 0 N–H and O–H groups in total. The van der Waals surface area contributed by atoms with E-state index in [0.717, 1.165) is 45.1 Å². The van der Waals surface area contributed by atoms with E-state index in [1.807, 2.05) is 6.07 Å². The van der Waals surface area contributed by atoms with E-state index in [1.54, 1.807) is 4.90 Å². The Labute approximate surface area is 165 Å². The topological polar surface area (TPSA) is 45.7 Å². The van der Waals surface area contributed by atoms with Crippen molar-refractivity contribution in [2.45, 2.75) is 24.9 Å². The van der Waals surface area contributed by atoms with Gasteiger partial charge in [-0.05, 0) is 30.9 Å². The summed E-state index contributed by atoms with van der Waals surface area (Å²) in [7, 11) is 0. The molecular weight excluding hydrogens is 357 g/mol. The molecule has 2 saturated heterocycles. The van der Waals surface area contributed by atoms with Crippen LogP contribution in [-0.4, -0.2) is 65.6 Å². The second kappa shape index (κ2) is 8.37. The van der Waals surface area contributed by atoms with Gasteiger partial charge in [-0.1, -0.05) is 30.3 Å². The van der Waals surface area contributed by atoms with Gasteiger partial charge in [0.1, 0.15) is 5.82 Å². The number of pyridine rings is 1. The van der Waals surface area contributed by atoms with Crippen molar-refractivity contribution in [2.75, 3.05) is 39.3 Å². The number of amides is 1. The van der Waals surface area contributed by atoms with Crippen LogP contribution >= 0.6 is 0 Å². The molecule has 148 valence electrons. The number of morpholine rings is 1. The summed E-state index contributed by atoms with van der Waals surface area (Å²) in [6.07, 6.45) is 5.41. The molecule has 0 saturated carbocycles. The molecule has 2 aromatic rings. The quantitative estimate of drug-likeness (QED) is 0.815. The second-order valence-electron chi connectivity index (χ2n) is 7.73. The molecule has 2 fully saturated rings. The summed E-state index contributed by atoms with van der Waals surface area (Å²) in [5.74, 6) is -0.651. The number of aromatic nitrogens is 1. The van der Waals surface area contributed by atoms with Crippen molar-refractivity contribution in [3.63, 3.8) is 0 Å². The van der Waals surface area contributed by atoms with Crippen LogP contribution in [0.1, 0.15) is 28.8 Å².